The summed E-state index contributed by atoms with van der Waals surface area (Å²) in [7, 11) is 1.31. The summed E-state index contributed by atoms with van der Waals surface area (Å²) in [6.45, 7) is 1.51. The van der Waals surface area contributed by atoms with Crippen LogP contribution in [0.2, 0.25) is 0 Å². The first kappa shape index (κ1) is 12.4. The molecule has 0 aliphatic rings. The van der Waals surface area contributed by atoms with Gasteiger partial charge in [0.1, 0.15) is 6.04 Å². The molecule has 16 heavy (non-hydrogen) atoms. The second-order valence-electron chi connectivity index (χ2n) is 3.59. The van der Waals surface area contributed by atoms with E-state index < -0.39 is 12.0 Å². The van der Waals surface area contributed by atoms with Crippen LogP contribution in [0.4, 0.5) is 0 Å². The van der Waals surface area contributed by atoms with E-state index in [0.29, 0.717) is 12.0 Å². The minimum absolute atomic E-state index is 0.0174. The summed E-state index contributed by atoms with van der Waals surface area (Å²) in [5.41, 5.74) is 7.17. The van der Waals surface area contributed by atoms with Crippen LogP contribution in [0.1, 0.15) is 22.8 Å². The lowest BCUT2D eigenvalue weighted by atomic mass is 10.0. The SMILES string of the molecule is COC(=O)[C@@H](N)Cc1ccc(C(C)=O)cc1. The molecule has 0 saturated heterocycles. The molecule has 4 nitrogen and oxygen atoms in total. The number of hydrogen-bond acceptors (Lipinski definition) is 4. The first-order valence-corrected chi connectivity index (χ1v) is 4.98. The van der Waals surface area contributed by atoms with E-state index in [-0.39, 0.29) is 5.78 Å². The molecule has 0 aromatic heterocycles. The average Bonchev–Trinajstić information content (AvgIpc) is 2.28. The quantitative estimate of drug-likeness (QED) is 0.606. The number of esters is 1. The van der Waals surface area contributed by atoms with E-state index >= 15 is 0 Å². The number of benzene rings is 1. The third kappa shape index (κ3) is 3.17. The van der Waals surface area contributed by atoms with Gasteiger partial charge in [0, 0.05) is 5.56 Å². The van der Waals surface area contributed by atoms with Crippen LogP contribution in [0.3, 0.4) is 0 Å². The molecular weight excluding hydrogens is 206 g/mol. The Labute approximate surface area is 94.4 Å². The molecule has 4 heteroatoms. The molecule has 0 aliphatic carbocycles. The van der Waals surface area contributed by atoms with Crippen LogP contribution in [0, 0.1) is 0 Å². The van der Waals surface area contributed by atoms with Crippen molar-refractivity contribution >= 4 is 11.8 Å². The average molecular weight is 221 g/mol. The van der Waals surface area contributed by atoms with E-state index in [2.05, 4.69) is 4.74 Å². The molecule has 0 spiro atoms. The van der Waals surface area contributed by atoms with Crippen LogP contribution in [-0.2, 0) is 16.0 Å². The first-order chi connectivity index (χ1) is 7.54. The highest BCUT2D eigenvalue weighted by atomic mass is 16.5. The first-order valence-electron chi connectivity index (χ1n) is 4.98. The normalized spacial score (nSPS) is 11.9. The van der Waals surface area contributed by atoms with Crippen LogP contribution >= 0.6 is 0 Å². The molecule has 0 radical (unpaired) electrons. The number of methoxy groups -OCH3 is 1. The summed E-state index contributed by atoms with van der Waals surface area (Å²) in [5.74, 6) is -0.417. The molecule has 0 unspecified atom stereocenters. The summed E-state index contributed by atoms with van der Waals surface area (Å²) in [4.78, 5) is 22.1. The van der Waals surface area contributed by atoms with Crippen LogP contribution in [0.25, 0.3) is 0 Å². The van der Waals surface area contributed by atoms with Gasteiger partial charge in [0.15, 0.2) is 5.78 Å². The van der Waals surface area contributed by atoms with Crippen molar-refractivity contribution in [1.82, 2.24) is 0 Å². The van der Waals surface area contributed by atoms with Crippen molar-refractivity contribution in [3.8, 4) is 0 Å². The molecule has 86 valence electrons. The number of Topliss-reactive ketones (excluding diaryl/α,β-unsaturated/α-hetero) is 1. The van der Waals surface area contributed by atoms with Gasteiger partial charge in [0.25, 0.3) is 0 Å². The van der Waals surface area contributed by atoms with Crippen LogP contribution in [0.5, 0.6) is 0 Å². The molecule has 0 bridgehead atoms. The molecule has 0 fully saturated rings. The molecule has 2 N–H and O–H groups in total. The fraction of sp³-hybridized carbons (Fsp3) is 0.333. The van der Waals surface area contributed by atoms with E-state index in [1.54, 1.807) is 24.3 Å². The molecular formula is C12H15NO3. The number of carbonyl (C=O) groups is 2. The molecule has 1 rings (SSSR count). The Kier molecular flexibility index (Phi) is 4.19. The third-order valence-electron chi connectivity index (χ3n) is 2.32. The lowest BCUT2D eigenvalue weighted by molar-refractivity contribution is -0.142. The minimum atomic E-state index is -0.659. The van der Waals surface area contributed by atoms with Crippen molar-refractivity contribution < 1.29 is 14.3 Å². The van der Waals surface area contributed by atoms with Crippen LogP contribution in [-0.4, -0.2) is 24.9 Å². The van der Waals surface area contributed by atoms with Gasteiger partial charge in [-0.05, 0) is 18.9 Å². The van der Waals surface area contributed by atoms with E-state index in [4.69, 9.17) is 5.73 Å². The Balaban J connectivity index is 2.68. The van der Waals surface area contributed by atoms with Gasteiger partial charge in [0.2, 0.25) is 0 Å². The van der Waals surface area contributed by atoms with E-state index in [9.17, 15) is 9.59 Å². The highest BCUT2D eigenvalue weighted by molar-refractivity contribution is 5.94. The maximum atomic E-state index is 11.1. The molecule has 1 atom stereocenters. The Hall–Kier alpha value is -1.68. The van der Waals surface area contributed by atoms with Gasteiger partial charge in [-0.2, -0.15) is 0 Å². The second kappa shape index (κ2) is 5.42. The summed E-state index contributed by atoms with van der Waals surface area (Å²) < 4.78 is 4.53. The van der Waals surface area contributed by atoms with Gasteiger partial charge < -0.3 is 10.5 Å². The highest BCUT2D eigenvalue weighted by Crippen LogP contribution is 2.07. The standard InChI is InChI=1S/C12H15NO3/c1-8(14)10-5-3-9(4-6-10)7-11(13)12(15)16-2/h3-6,11H,7,13H2,1-2H3/t11-/m0/s1. The van der Waals surface area contributed by atoms with E-state index in [1.807, 2.05) is 0 Å². The monoisotopic (exact) mass is 221 g/mol. The van der Waals surface area contributed by atoms with Crippen molar-refractivity contribution in [2.24, 2.45) is 5.73 Å². The molecule has 0 heterocycles. The zero-order valence-electron chi connectivity index (χ0n) is 9.40. The fourth-order valence-electron chi connectivity index (χ4n) is 1.36. The Morgan fingerprint density at radius 1 is 1.31 bits per heavy atom. The number of ether oxygens (including phenoxy) is 1. The lowest BCUT2D eigenvalue weighted by Gasteiger charge is -2.09. The lowest BCUT2D eigenvalue weighted by Crippen LogP contribution is -2.33. The Morgan fingerprint density at radius 3 is 2.31 bits per heavy atom. The van der Waals surface area contributed by atoms with Crippen molar-refractivity contribution in [3.05, 3.63) is 35.4 Å². The van der Waals surface area contributed by atoms with Gasteiger partial charge in [0.05, 0.1) is 7.11 Å². The van der Waals surface area contributed by atoms with E-state index in [1.165, 1.54) is 14.0 Å². The van der Waals surface area contributed by atoms with E-state index in [0.717, 1.165) is 5.56 Å². The summed E-state index contributed by atoms with van der Waals surface area (Å²) >= 11 is 0. The minimum Gasteiger partial charge on any atom is -0.468 e. The molecule has 0 saturated carbocycles. The summed E-state index contributed by atoms with van der Waals surface area (Å²) in [6, 6.07) is 6.37. The predicted octanol–water partition coefficient (Wildman–Crippen LogP) is 0.932. The van der Waals surface area contributed by atoms with Crippen LogP contribution < -0.4 is 5.73 Å². The Morgan fingerprint density at radius 2 is 1.88 bits per heavy atom. The predicted molar refractivity (Wildman–Crippen MR) is 60.1 cm³/mol. The smallest absolute Gasteiger partial charge is 0.322 e. The molecule has 0 amide bonds. The second-order valence-corrected chi connectivity index (χ2v) is 3.59. The van der Waals surface area contributed by atoms with Crippen molar-refractivity contribution in [3.63, 3.8) is 0 Å². The molecule has 0 aliphatic heterocycles. The van der Waals surface area contributed by atoms with Gasteiger partial charge >= 0.3 is 5.97 Å². The Bertz CT molecular complexity index is 384. The van der Waals surface area contributed by atoms with Gasteiger partial charge in [-0.25, -0.2) is 0 Å². The van der Waals surface area contributed by atoms with Crippen LogP contribution in [0.15, 0.2) is 24.3 Å². The van der Waals surface area contributed by atoms with Gasteiger partial charge in [-0.15, -0.1) is 0 Å². The summed E-state index contributed by atoms with van der Waals surface area (Å²) in [5, 5.41) is 0. The third-order valence-corrected chi connectivity index (χ3v) is 2.32. The molecule has 1 aromatic carbocycles. The molecule has 1 aromatic rings. The number of carbonyl (C=O) groups excluding carboxylic acids is 2. The van der Waals surface area contributed by atoms with Crippen molar-refractivity contribution in [1.29, 1.82) is 0 Å². The van der Waals surface area contributed by atoms with Gasteiger partial charge in [-0.1, -0.05) is 24.3 Å². The number of ketones is 1. The zero-order valence-corrected chi connectivity index (χ0v) is 9.40. The maximum Gasteiger partial charge on any atom is 0.322 e. The number of hydrogen-bond donors (Lipinski definition) is 1. The fourth-order valence-corrected chi connectivity index (χ4v) is 1.36. The largest absolute Gasteiger partial charge is 0.468 e. The topological polar surface area (TPSA) is 69.4 Å². The van der Waals surface area contributed by atoms with Gasteiger partial charge in [-0.3, -0.25) is 9.59 Å². The highest BCUT2D eigenvalue weighted by Gasteiger charge is 2.14. The maximum absolute atomic E-state index is 11.1. The van der Waals surface area contributed by atoms with Crippen molar-refractivity contribution in [2.45, 2.75) is 19.4 Å². The zero-order chi connectivity index (χ0) is 12.1. The number of nitrogens with two attached hydrogens (primary N) is 1. The number of rotatable bonds is 4. The van der Waals surface area contributed by atoms with Crippen molar-refractivity contribution in [2.75, 3.05) is 7.11 Å². The summed E-state index contributed by atoms with van der Waals surface area (Å²) in [6.07, 6.45) is 0.408.